The summed E-state index contributed by atoms with van der Waals surface area (Å²) in [6.45, 7) is 3.17. The van der Waals surface area contributed by atoms with Crippen LogP contribution in [-0.2, 0) is 16.0 Å². The summed E-state index contributed by atoms with van der Waals surface area (Å²) in [5.41, 5.74) is 1.24. The minimum Gasteiger partial charge on any atom is -0.504 e. The monoisotopic (exact) mass is 365 g/mol. The highest BCUT2D eigenvalue weighted by molar-refractivity contribution is 8.26. The molecule has 1 aliphatic rings. The molecule has 0 unspecified atom stereocenters. The van der Waals surface area contributed by atoms with Gasteiger partial charge >= 0.3 is 5.97 Å². The lowest BCUT2D eigenvalue weighted by Gasteiger charge is -2.11. The van der Waals surface area contributed by atoms with Crippen molar-refractivity contribution in [2.24, 2.45) is 0 Å². The van der Waals surface area contributed by atoms with E-state index in [0.29, 0.717) is 22.5 Å². The van der Waals surface area contributed by atoms with Gasteiger partial charge in [0.05, 0.1) is 12.0 Å². The van der Waals surface area contributed by atoms with E-state index in [1.807, 2.05) is 0 Å². The normalized spacial score (nSPS) is 15.9. The smallest absolute Gasteiger partial charge is 0.323 e. The van der Waals surface area contributed by atoms with Crippen LogP contribution in [0.4, 0.5) is 0 Å². The molecule has 0 bridgehead atoms. The van der Waals surface area contributed by atoms with Gasteiger partial charge in [0.1, 0.15) is 10.9 Å². The first kappa shape index (κ1) is 18.0. The number of hydrogen-bond acceptors (Lipinski definition) is 6. The first-order chi connectivity index (χ1) is 11.4. The molecule has 1 amide bonds. The molecule has 8 heteroatoms. The van der Waals surface area contributed by atoms with E-state index < -0.39 is 18.4 Å². The number of aromatic hydroxyl groups is 1. The molecule has 0 aromatic heterocycles. The lowest BCUT2D eigenvalue weighted by Crippen LogP contribution is -2.33. The largest absolute Gasteiger partial charge is 0.504 e. The predicted octanol–water partition coefficient (Wildman–Crippen LogP) is 2.42. The van der Waals surface area contributed by atoms with E-state index in [0.717, 1.165) is 16.7 Å². The van der Waals surface area contributed by atoms with E-state index in [1.165, 1.54) is 7.11 Å². The number of carboxylic acids is 1. The zero-order valence-corrected chi connectivity index (χ0v) is 14.4. The Hall–Kier alpha value is -2.32. The number of ether oxygens (including phenoxy) is 1. The van der Waals surface area contributed by atoms with Crippen molar-refractivity contribution in [2.45, 2.75) is 6.42 Å². The van der Waals surface area contributed by atoms with Crippen LogP contribution >= 0.6 is 24.0 Å². The highest BCUT2D eigenvalue weighted by Crippen LogP contribution is 2.36. The zero-order valence-electron chi connectivity index (χ0n) is 12.8. The summed E-state index contributed by atoms with van der Waals surface area (Å²) in [5, 5.41) is 18.9. The third kappa shape index (κ3) is 3.77. The van der Waals surface area contributed by atoms with E-state index in [9.17, 15) is 14.7 Å². The van der Waals surface area contributed by atoms with Crippen molar-refractivity contribution >= 4 is 46.3 Å². The first-order valence-electron chi connectivity index (χ1n) is 6.85. The minimum absolute atomic E-state index is 0.0213. The Morgan fingerprint density at radius 1 is 1.50 bits per heavy atom. The summed E-state index contributed by atoms with van der Waals surface area (Å²) in [7, 11) is 1.43. The Labute approximate surface area is 148 Å². The van der Waals surface area contributed by atoms with Crippen molar-refractivity contribution in [1.82, 2.24) is 4.90 Å². The number of benzene rings is 1. The topological polar surface area (TPSA) is 87.1 Å². The van der Waals surface area contributed by atoms with Gasteiger partial charge < -0.3 is 14.9 Å². The Morgan fingerprint density at radius 2 is 2.21 bits per heavy atom. The van der Waals surface area contributed by atoms with Crippen LogP contribution in [0, 0.1) is 0 Å². The van der Waals surface area contributed by atoms with Crippen molar-refractivity contribution in [3.05, 3.63) is 40.8 Å². The molecule has 1 aromatic rings. The third-order valence-corrected chi connectivity index (χ3v) is 4.60. The lowest BCUT2D eigenvalue weighted by molar-refractivity contribution is -0.140. The summed E-state index contributed by atoms with van der Waals surface area (Å²) < 4.78 is 5.34. The predicted molar refractivity (Wildman–Crippen MR) is 96.1 cm³/mol. The van der Waals surface area contributed by atoms with Gasteiger partial charge in [-0.3, -0.25) is 14.5 Å². The van der Waals surface area contributed by atoms with Crippen LogP contribution in [0.15, 0.2) is 29.7 Å². The molecule has 126 valence electrons. The average Bonchev–Trinajstić information content (AvgIpc) is 2.77. The minimum atomic E-state index is -1.13. The van der Waals surface area contributed by atoms with Crippen molar-refractivity contribution in [3.8, 4) is 11.5 Å². The van der Waals surface area contributed by atoms with Gasteiger partial charge in [0.2, 0.25) is 0 Å². The van der Waals surface area contributed by atoms with Gasteiger partial charge in [-0.2, -0.15) is 0 Å². The Balaban J connectivity index is 2.39. The van der Waals surface area contributed by atoms with Crippen molar-refractivity contribution in [2.75, 3.05) is 13.7 Å². The number of carbonyl (C=O) groups excluding carboxylic acids is 1. The van der Waals surface area contributed by atoms with Gasteiger partial charge in [-0.15, -0.1) is 6.58 Å². The number of rotatable bonds is 6. The van der Waals surface area contributed by atoms with Crippen LogP contribution in [0.1, 0.15) is 11.1 Å². The Bertz CT molecular complexity index is 757. The Morgan fingerprint density at radius 3 is 2.79 bits per heavy atom. The van der Waals surface area contributed by atoms with Crippen LogP contribution in [0.25, 0.3) is 6.08 Å². The molecule has 1 heterocycles. The standard InChI is InChI=1S/C16H15NO5S2/c1-3-4-10-5-9(6-11(22-2)14(10)20)7-12-15(21)17(8-13(18)19)16(23)24-12/h3,5-7,20H,1,4,8H2,2H3,(H,18,19). The van der Waals surface area contributed by atoms with Crippen LogP contribution in [-0.4, -0.2) is 45.0 Å². The fraction of sp³-hybridized carbons (Fsp3) is 0.188. The number of methoxy groups -OCH3 is 1. The van der Waals surface area contributed by atoms with Gasteiger partial charge in [0, 0.05) is 5.56 Å². The number of aliphatic carboxylic acids is 1. The van der Waals surface area contributed by atoms with Gasteiger partial charge in [-0.25, -0.2) is 0 Å². The number of amides is 1. The van der Waals surface area contributed by atoms with Crippen molar-refractivity contribution in [3.63, 3.8) is 0 Å². The molecule has 2 N–H and O–H groups in total. The maximum Gasteiger partial charge on any atom is 0.323 e. The summed E-state index contributed by atoms with van der Waals surface area (Å²) in [5.74, 6) is -1.29. The molecule has 0 atom stereocenters. The fourth-order valence-electron chi connectivity index (χ4n) is 2.16. The van der Waals surface area contributed by atoms with E-state index in [2.05, 4.69) is 6.58 Å². The SMILES string of the molecule is C=CCc1cc(C=C2SC(=S)N(CC(=O)O)C2=O)cc(OC)c1O. The van der Waals surface area contributed by atoms with E-state index in [-0.39, 0.29) is 15.8 Å². The van der Waals surface area contributed by atoms with Crippen LogP contribution in [0.3, 0.4) is 0 Å². The van der Waals surface area contributed by atoms with Crippen LogP contribution in [0.5, 0.6) is 11.5 Å². The molecule has 0 aliphatic carbocycles. The number of allylic oxidation sites excluding steroid dienone is 1. The number of carboxylic acid groups (broad SMARTS) is 1. The molecule has 6 nitrogen and oxygen atoms in total. The molecule has 1 saturated heterocycles. The first-order valence-corrected chi connectivity index (χ1v) is 8.07. The maximum atomic E-state index is 12.3. The quantitative estimate of drug-likeness (QED) is 0.455. The van der Waals surface area contributed by atoms with Gasteiger partial charge in [0.15, 0.2) is 11.5 Å². The molecule has 1 fully saturated rings. The molecule has 0 spiro atoms. The molecule has 0 radical (unpaired) electrons. The zero-order chi connectivity index (χ0) is 17.9. The van der Waals surface area contributed by atoms with E-state index >= 15 is 0 Å². The molecule has 0 saturated carbocycles. The number of phenolic OH excluding ortho intramolecular Hbond substituents is 1. The molecule has 2 rings (SSSR count). The third-order valence-electron chi connectivity index (χ3n) is 3.23. The number of phenols is 1. The summed E-state index contributed by atoms with van der Waals surface area (Å²) in [6.07, 6.45) is 3.67. The highest BCUT2D eigenvalue weighted by Gasteiger charge is 2.33. The molecule has 1 aromatic carbocycles. The summed E-state index contributed by atoms with van der Waals surface area (Å²) in [4.78, 5) is 24.4. The lowest BCUT2D eigenvalue weighted by atomic mass is 10.1. The number of nitrogens with zero attached hydrogens (tertiary/aromatic N) is 1. The van der Waals surface area contributed by atoms with E-state index in [4.69, 9.17) is 22.1 Å². The molecular weight excluding hydrogens is 350 g/mol. The average molecular weight is 365 g/mol. The molecular formula is C16H15NO5S2. The van der Waals surface area contributed by atoms with Gasteiger partial charge in [-0.05, 0) is 30.2 Å². The second-order valence-corrected chi connectivity index (χ2v) is 6.56. The number of thiocarbonyl (C=S) groups is 1. The van der Waals surface area contributed by atoms with Crippen molar-refractivity contribution < 1.29 is 24.5 Å². The highest BCUT2D eigenvalue weighted by atomic mass is 32.2. The van der Waals surface area contributed by atoms with E-state index in [1.54, 1.807) is 24.3 Å². The molecule has 24 heavy (non-hydrogen) atoms. The number of carbonyl (C=O) groups is 2. The van der Waals surface area contributed by atoms with Crippen LogP contribution in [0.2, 0.25) is 0 Å². The number of thioether (sulfide) groups is 1. The molecule has 1 aliphatic heterocycles. The summed E-state index contributed by atoms with van der Waals surface area (Å²) >= 11 is 6.09. The number of hydrogen-bond donors (Lipinski definition) is 2. The summed E-state index contributed by atoms with van der Waals surface area (Å²) in [6, 6.07) is 3.30. The maximum absolute atomic E-state index is 12.3. The van der Waals surface area contributed by atoms with Crippen LogP contribution < -0.4 is 4.74 Å². The Kier molecular flexibility index (Phi) is 5.63. The second kappa shape index (κ2) is 7.50. The van der Waals surface area contributed by atoms with Crippen molar-refractivity contribution in [1.29, 1.82) is 0 Å². The van der Waals surface area contributed by atoms with Gasteiger partial charge in [-0.1, -0.05) is 30.1 Å². The van der Waals surface area contributed by atoms with Gasteiger partial charge in [0.25, 0.3) is 5.91 Å². The second-order valence-electron chi connectivity index (χ2n) is 4.89. The fourth-order valence-corrected chi connectivity index (χ4v) is 3.42.